The fraction of sp³-hybridized carbons (Fsp3) is 0.423. The van der Waals surface area contributed by atoms with Crippen molar-refractivity contribution < 1.29 is 27.8 Å². The molecule has 0 spiro atoms. The molecule has 0 aliphatic heterocycles. The summed E-state index contributed by atoms with van der Waals surface area (Å²) in [5.41, 5.74) is 0.0755. The molecule has 2 aromatic carbocycles. The molecule has 2 rings (SSSR count). The molecule has 34 heavy (non-hydrogen) atoms. The number of hydrogen-bond donors (Lipinski definition) is 0. The number of nitrogens with zero attached hydrogens (tertiary/aromatic N) is 2. The summed E-state index contributed by atoms with van der Waals surface area (Å²) in [6.45, 7) is 9.91. The Hall–Kier alpha value is -3.29. The number of carbonyl (C=O) groups excluding carboxylic acids is 2. The van der Waals surface area contributed by atoms with Gasteiger partial charge in [-0.05, 0) is 70.0 Å². The van der Waals surface area contributed by atoms with Crippen LogP contribution in [0.4, 0.5) is 19.3 Å². The maximum Gasteiger partial charge on any atom is 0.410 e. The van der Waals surface area contributed by atoms with Crippen LogP contribution in [0.5, 0.6) is 5.75 Å². The van der Waals surface area contributed by atoms with Crippen molar-refractivity contribution in [3.8, 4) is 5.75 Å². The van der Waals surface area contributed by atoms with Crippen molar-refractivity contribution in [2.24, 2.45) is 10.9 Å². The highest BCUT2D eigenvalue weighted by atomic mass is 19.1. The van der Waals surface area contributed by atoms with Gasteiger partial charge >= 0.3 is 12.1 Å². The third-order valence-electron chi connectivity index (χ3n) is 4.75. The molecule has 0 saturated carbocycles. The number of amides is 1. The highest BCUT2D eigenvalue weighted by molar-refractivity contribution is 5.83. The Morgan fingerprint density at radius 2 is 1.76 bits per heavy atom. The highest BCUT2D eigenvalue weighted by Crippen LogP contribution is 2.20. The maximum atomic E-state index is 14.4. The SMILES string of the molecule is CCCN(CCC(C)C(=O)Oc1ccc(/C=N/c2ccc(F)cc2)c(F)c1)C(=O)OC(C)(C)C. The number of ether oxygens (including phenoxy) is 2. The van der Waals surface area contributed by atoms with Gasteiger partial charge in [-0.1, -0.05) is 13.8 Å². The molecule has 184 valence electrons. The molecule has 6 nitrogen and oxygen atoms in total. The molecule has 0 bridgehead atoms. The van der Waals surface area contributed by atoms with E-state index in [2.05, 4.69) is 4.99 Å². The molecule has 0 aromatic heterocycles. The predicted molar refractivity (Wildman–Crippen MR) is 128 cm³/mol. The van der Waals surface area contributed by atoms with E-state index in [1.165, 1.54) is 42.6 Å². The molecule has 1 amide bonds. The number of rotatable bonds is 9. The third kappa shape index (κ3) is 8.92. The Morgan fingerprint density at radius 1 is 1.09 bits per heavy atom. The molecule has 0 aliphatic rings. The lowest BCUT2D eigenvalue weighted by atomic mass is 10.1. The second-order valence-electron chi connectivity index (χ2n) is 9.00. The standard InChI is InChI=1S/C26H32F2N2O4/c1-6-14-30(25(32)34-26(3,4)5)15-13-18(2)24(31)33-22-12-7-19(23(28)16-22)17-29-21-10-8-20(27)9-11-21/h7-12,16-18H,6,13-15H2,1-5H3/b29-17+. The van der Waals surface area contributed by atoms with E-state index >= 15 is 0 Å². The molecule has 0 radical (unpaired) electrons. The maximum absolute atomic E-state index is 14.4. The van der Waals surface area contributed by atoms with Crippen LogP contribution in [0.2, 0.25) is 0 Å². The Labute approximate surface area is 199 Å². The summed E-state index contributed by atoms with van der Waals surface area (Å²) in [4.78, 5) is 30.5. The predicted octanol–water partition coefficient (Wildman–Crippen LogP) is 6.29. The van der Waals surface area contributed by atoms with Gasteiger partial charge in [-0.3, -0.25) is 9.79 Å². The number of carbonyl (C=O) groups is 2. The molecule has 8 heteroatoms. The molecule has 0 saturated heterocycles. The third-order valence-corrected chi connectivity index (χ3v) is 4.75. The molecular formula is C26H32F2N2O4. The first-order valence-corrected chi connectivity index (χ1v) is 11.3. The summed E-state index contributed by atoms with van der Waals surface area (Å²) in [6.07, 6.45) is 2.03. The summed E-state index contributed by atoms with van der Waals surface area (Å²) in [5.74, 6) is -1.94. The molecular weight excluding hydrogens is 442 g/mol. The first-order valence-electron chi connectivity index (χ1n) is 11.3. The Bertz CT molecular complexity index is 1000. The van der Waals surface area contributed by atoms with E-state index in [0.717, 1.165) is 12.5 Å². The van der Waals surface area contributed by atoms with Crippen LogP contribution in [0.25, 0.3) is 0 Å². The summed E-state index contributed by atoms with van der Waals surface area (Å²) in [7, 11) is 0. The second-order valence-corrected chi connectivity index (χ2v) is 9.00. The Balaban J connectivity index is 1.94. The summed E-state index contributed by atoms with van der Waals surface area (Å²) in [6, 6.07) is 9.52. The average Bonchev–Trinajstić information content (AvgIpc) is 2.75. The van der Waals surface area contributed by atoms with Crippen LogP contribution in [0.3, 0.4) is 0 Å². The van der Waals surface area contributed by atoms with Crippen LogP contribution in [0.15, 0.2) is 47.5 Å². The van der Waals surface area contributed by atoms with E-state index in [1.54, 1.807) is 32.6 Å². The zero-order chi connectivity index (χ0) is 25.3. The van der Waals surface area contributed by atoms with Gasteiger partial charge in [0.25, 0.3) is 0 Å². The van der Waals surface area contributed by atoms with Crippen molar-refractivity contribution in [2.75, 3.05) is 13.1 Å². The lowest BCUT2D eigenvalue weighted by Crippen LogP contribution is -2.38. The quantitative estimate of drug-likeness (QED) is 0.243. The van der Waals surface area contributed by atoms with Crippen LogP contribution in [-0.4, -0.2) is 41.9 Å². The van der Waals surface area contributed by atoms with Gasteiger partial charge in [-0.2, -0.15) is 0 Å². The molecule has 0 aliphatic carbocycles. The minimum absolute atomic E-state index is 0.0749. The van der Waals surface area contributed by atoms with E-state index in [9.17, 15) is 18.4 Å². The fourth-order valence-corrected chi connectivity index (χ4v) is 2.92. The first-order chi connectivity index (χ1) is 16.0. The number of hydrogen-bond acceptors (Lipinski definition) is 5. The molecule has 0 N–H and O–H groups in total. The van der Waals surface area contributed by atoms with Gasteiger partial charge in [0.15, 0.2) is 0 Å². The smallest absolute Gasteiger partial charge is 0.410 e. The van der Waals surface area contributed by atoms with E-state index in [4.69, 9.17) is 9.47 Å². The zero-order valence-electron chi connectivity index (χ0n) is 20.3. The van der Waals surface area contributed by atoms with Crippen molar-refractivity contribution in [2.45, 2.75) is 53.1 Å². The lowest BCUT2D eigenvalue weighted by Gasteiger charge is -2.27. The van der Waals surface area contributed by atoms with Gasteiger partial charge in [0.1, 0.15) is 23.0 Å². The van der Waals surface area contributed by atoms with Crippen molar-refractivity contribution in [1.82, 2.24) is 4.90 Å². The van der Waals surface area contributed by atoms with Crippen LogP contribution in [0.1, 0.15) is 53.0 Å². The second kappa shape index (κ2) is 12.3. The zero-order valence-corrected chi connectivity index (χ0v) is 20.3. The molecule has 2 aromatic rings. The van der Waals surface area contributed by atoms with E-state index < -0.39 is 29.4 Å². The van der Waals surface area contributed by atoms with E-state index in [1.807, 2.05) is 6.92 Å². The molecule has 1 unspecified atom stereocenters. The number of halogens is 2. The number of aliphatic imine (C=N–C) groups is 1. The van der Waals surface area contributed by atoms with Gasteiger partial charge in [-0.25, -0.2) is 13.6 Å². The van der Waals surface area contributed by atoms with Crippen molar-refractivity contribution in [3.05, 3.63) is 59.7 Å². The Kier molecular flexibility index (Phi) is 9.71. The lowest BCUT2D eigenvalue weighted by molar-refractivity contribution is -0.138. The molecule has 0 fully saturated rings. The molecule has 0 heterocycles. The van der Waals surface area contributed by atoms with Crippen molar-refractivity contribution in [3.63, 3.8) is 0 Å². The highest BCUT2D eigenvalue weighted by Gasteiger charge is 2.24. The van der Waals surface area contributed by atoms with Crippen LogP contribution in [0, 0.1) is 17.6 Å². The van der Waals surface area contributed by atoms with Gasteiger partial charge in [-0.15, -0.1) is 0 Å². The van der Waals surface area contributed by atoms with Crippen LogP contribution >= 0.6 is 0 Å². The normalized spacial score (nSPS) is 12.4. The minimum Gasteiger partial charge on any atom is -0.444 e. The van der Waals surface area contributed by atoms with Gasteiger partial charge in [0.2, 0.25) is 0 Å². The topological polar surface area (TPSA) is 68.2 Å². The number of benzene rings is 2. The van der Waals surface area contributed by atoms with Gasteiger partial charge in [0.05, 0.1) is 11.6 Å². The first kappa shape index (κ1) is 27.0. The monoisotopic (exact) mass is 474 g/mol. The summed E-state index contributed by atoms with van der Waals surface area (Å²) < 4.78 is 38.1. The van der Waals surface area contributed by atoms with Crippen molar-refractivity contribution >= 4 is 24.0 Å². The number of esters is 1. The molecule has 1 atom stereocenters. The van der Waals surface area contributed by atoms with Crippen molar-refractivity contribution in [1.29, 1.82) is 0 Å². The van der Waals surface area contributed by atoms with Crippen LogP contribution < -0.4 is 4.74 Å². The minimum atomic E-state index is -0.608. The fourth-order valence-electron chi connectivity index (χ4n) is 2.92. The summed E-state index contributed by atoms with van der Waals surface area (Å²) in [5, 5.41) is 0. The van der Waals surface area contributed by atoms with Crippen LogP contribution in [-0.2, 0) is 9.53 Å². The van der Waals surface area contributed by atoms with Gasteiger partial charge < -0.3 is 14.4 Å². The largest absolute Gasteiger partial charge is 0.444 e. The Morgan fingerprint density at radius 3 is 2.35 bits per heavy atom. The van der Waals surface area contributed by atoms with Gasteiger partial charge in [0, 0.05) is 30.9 Å². The average molecular weight is 475 g/mol. The van der Waals surface area contributed by atoms with E-state index in [0.29, 0.717) is 25.2 Å². The van der Waals surface area contributed by atoms with E-state index in [-0.39, 0.29) is 17.1 Å². The summed E-state index contributed by atoms with van der Waals surface area (Å²) >= 11 is 0.